The molecule has 1 aromatic rings. The van der Waals surface area contributed by atoms with Gasteiger partial charge in [0.15, 0.2) is 5.96 Å². The summed E-state index contributed by atoms with van der Waals surface area (Å²) in [5, 5.41) is 5.36. The Morgan fingerprint density at radius 3 is 2.31 bits per heavy atom. The Balaban J connectivity index is 2.62. The minimum absolute atomic E-state index is 0.0221. The average Bonchev–Trinajstić information content (AvgIpc) is 2.68. The summed E-state index contributed by atoms with van der Waals surface area (Å²) in [4.78, 5) is 40.2. The SMILES string of the molecule is CC(C)[C@H](NC(=O)[C@H](N)Cc1ccccc1)C(=O)N[C@H](C=O)CCCN=C(N)N. The standard InChI is InChI=1S/C20H32N6O3/c1-13(2)17(19(29)25-15(12-27)9-6-10-24-20(22)23)26-18(28)16(21)11-14-7-4-3-5-8-14/h3-5,7-8,12-13,15-17H,6,9-11,21H2,1-2H3,(H,25,29)(H,26,28)(H4,22,23,24)/t15-,16+,17-/m0/s1. The Kier molecular flexibility index (Phi) is 10.4. The van der Waals surface area contributed by atoms with Gasteiger partial charge in [-0.05, 0) is 30.7 Å². The summed E-state index contributed by atoms with van der Waals surface area (Å²) in [6.07, 6.45) is 1.94. The Morgan fingerprint density at radius 2 is 1.76 bits per heavy atom. The van der Waals surface area contributed by atoms with Crippen LogP contribution in [0.3, 0.4) is 0 Å². The highest BCUT2D eigenvalue weighted by molar-refractivity contribution is 5.91. The molecule has 0 unspecified atom stereocenters. The molecule has 1 rings (SSSR count). The molecule has 9 nitrogen and oxygen atoms in total. The number of hydrogen-bond donors (Lipinski definition) is 5. The van der Waals surface area contributed by atoms with Gasteiger partial charge in [0.05, 0.1) is 12.1 Å². The maximum atomic E-state index is 12.6. The van der Waals surface area contributed by atoms with Crippen molar-refractivity contribution in [3.05, 3.63) is 35.9 Å². The summed E-state index contributed by atoms with van der Waals surface area (Å²) < 4.78 is 0. The Morgan fingerprint density at radius 1 is 1.10 bits per heavy atom. The summed E-state index contributed by atoms with van der Waals surface area (Å²) in [5.74, 6) is -1.06. The highest BCUT2D eigenvalue weighted by atomic mass is 16.2. The van der Waals surface area contributed by atoms with Gasteiger partial charge in [0, 0.05) is 6.54 Å². The van der Waals surface area contributed by atoms with Crippen molar-refractivity contribution in [3.63, 3.8) is 0 Å². The zero-order valence-electron chi connectivity index (χ0n) is 17.0. The molecule has 160 valence electrons. The van der Waals surface area contributed by atoms with Crippen LogP contribution in [0.1, 0.15) is 32.3 Å². The van der Waals surface area contributed by atoms with Crippen LogP contribution in [0.15, 0.2) is 35.3 Å². The number of hydrogen-bond acceptors (Lipinski definition) is 5. The number of aldehydes is 1. The number of amides is 2. The maximum absolute atomic E-state index is 12.6. The molecule has 8 N–H and O–H groups in total. The van der Waals surface area contributed by atoms with Crippen LogP contribution in [-0.4, -0.2) is 48.7 Å². The molecule has 9 heteroatoms. The van der Waals surface area contributed by atoms with Crippen LogP contribution in [0, 0.1) is 5.92 Å². The number of guanidine groups is 1. The van der Waals surface area contributed by atoms with E-state index in [2.05, 4.69) is 15.6 Å². The van der Waals surface area contributed by atoms with E-state index in [1.807, 2.05) is 44.2 Å². The molecule has 0 saturated heterocycles. The maximum Gasteiger partial charge on any atom is 0.243 e. The van der Waals surface area contributed by atoms with Gasteiger partial charge in [0.2, 0.25) is 11.8 Å². The number of rotatable bonds is 12. The number of nitrogens with two attached hydrogens (primary N) is 3. The first kappa shape index (κ1) is 24.1. The third-order valence-corrected chi connectivity index (χ3v) is 4.34. The van der Waals surface area contributed by atoms with Crippen molar-refractivity contribution in [1.29, 1.82) is 0 Å². The second-order valence-corrected chi connectivity index (χ2v) is 7.23. The summed E-state index contributed by atoms with van der Waals surface area (Å²) in [6.45, 7) is 3.98. The monoisotopic (exact) mass is 404 g/mol. The normalized spacial score (nSPS) is 13.8. The predicted octanol–water partition coefficient (Wildman–Crippen LogP) is -0.565. The molecule has 0 fully saturated rings. The molecule has 3 atom stereocenters. The van der Waals surface area contributed by atoms with Gasteiger partial charge in [-0.1, -0.05) is 44.2 Å². The van der Waals surface area contributed by atoms with E-state index >= 15 is 0 Å². The molecule has 0 aliphatic carbocycles. The lowest BCUT2D eigenvalue weighted by molar-refractivity contribution is -0.131. The lowest BCUT2D eigenvalue weighted by Gasteiger charge is -2.25. The first-order chi connectivity index (χ1) is 13.7. The van der Waals surface area contributed by atoms with E-state index in [9.17, 15) is 14.4 Å². The third kappa shape index (κ3) is 9.20. The highest BCUT2D eigenvalue weighted by Gasteiger charge is 2.27. The second kappa shape index (κ2) is 12.5. The molecule has 0 heterocycles. The van der Waals surface area contributed by atoms with Crippen LogP contribution in [0.25, 0.3) is 0 Å². The van der Waals surface area contributed by atoms with Crippen molar-refractivity contribution < 1.29 is 14.4 Å². The van der Waals surface area contributed by atoms with Gasteiger partial charge < -0.3 is 32.6 Å². The van der Waals surface area contributed by atoms with Gasteiger partial charge in [-0.3, -0.25) is 14.6 Å². The van der Waals surface area contributed by atoms with Crippen LogP contribution in [-0.2, 0) is 20.8 Å². The van der Waals surface area contributed by atoms with Gasteiger partial charge in [0.1, 0.15) is 12.3 Å². The molecule has 0 radical (unpaired) electrons. The quantitative estimate of drug-likeness (QED) is 0.135. The van der Waals surface area contributed by atoms with E-state index < -0.39 is 29.9 Å². The van der Waals surface area contributed by atoms with E-state index in [1.54, 1.807) is 0 Å². The van der Waals surface area contributed by atoms with Crippen molar-refractivity contribution in [2.24, 2.45) is 28.1 Å². The average molecular weight is 405 g/mol. The van der Waals surface area contributed by atoms with Crippen molar-refractivity contribution in [2.75, 3.05) is 6.54 Å². The van der Waals surface area contributed by atoms with E-state index in [0.717, 1.165) is 5.56 Å². The van der Waals surface area contributed by atoms with Gasteiger partial charge in [0.25, 0.3) is 0 Å². The minimum atomic E-state index is -0.801. The highest BCUT2D eigenvalue weighted by Crippen LogP contribution is 2.06. The molecule has 0 aliphatic rings. The molecular weight excluding hydrogens is 372 g/mol. The molecule has 0 aromatic heterocycles. The first-order valence-electron chi connectivity index (χ1n) is 9.65. The summed E-state index contributed by atoms with van der Waals surface area (Å²) in [5.41, 5.74) is 17.4. The molecule has 0 saturated carbocycles. The number of aliphatic imine (C=N–C) groups is 1. The Labute approximate surface area is 171 Å². The number of carbonyl (C=O) groups is 3. The van der Waals surface area contributed by atoms with Crippen LogP contribution in [0.5, 0.6) is 0 Å². The fraction of sp³-hybridized carbons (Fsp3) is 0.500. The number of benzene rings is 1. The van der Waals surface area contributed by atoms with Crippen molar-refractivity contribution >= 4 is 24.1 Å². The Bertz CT molecular complexity index is 689. The first-order valence-corrected chi connectivity index (χ1v) is 9.65. The van der Waals surface area contributed by atoms with Crippen LogP contribution < -0.4 is 27.8 Å². The fourth-order valence-corrected chi connectivity index (χ4v) is 2.72. The molecule has 29 heavy (non-hydrogen) atoms. The molecule has 2 amide bonds. The van der Waals surface area contributed by atoms with Gasteiger partial charge in [-0.2, -0.15) is 0 Å². The van der Waals surface area contributed by atoms with Gasteiger partial charge >= 0.3 is 0 Å². The molecular formula is C20H32N6O3. The molecule has 1 aromatic carbocycles. The van der Waals surface area contributed by atoms with Crippen molar-refractivity contribution in [1.82, 2.24) is 10.6 Å². The van der Waals surface area contributed by atoms with Crippen LogP contribution in [0.2, 0.25) is 0 Å². The second-order valence-electron chi connectivity index (χ2n) is 7.23. The molecule has 0 spiro atoms. The third-order valence-electron chi connectivity index (χ3n) is 4.34. The topological polar surface area (TPSA) is 166 Å². The van der Waals surface area contributed by atoms with Crippen LogP contribution >= 0.6 is 0 Å². The Hall–Kier alpha value is -2.94. The number of carbonyl (C=O) groups excluding carboxylic acids is 3. The summed E-state index contributed by atoms with van der Waals surface area (Å²) in [7, 11) is 0. The van der Waals surface area contributed by atoms with E-state index in [4.69, 9.17) is 17.2 Å². The summed E-state index contributed by atoms with van der Waals surface area (Å²) in [6, 6.07) is 7.13. The van der Waals surface area contributed by atoms with Crippen LogP contribution in [0.4, 0.5) is 0 Å². The van der Waals surface area contributed by atoms with Gasteiger partial charge in [-0.15, -0.1) is 0 Å². The van der Waals surface area contributed by atoms with E-state index in [-0.39, 0.29) is 11.9 Å². The zero-order valence-corrected chi connectivity index (χ0v) is 17.0. The lowest BCUT2D eigenvalue weighted by atomic mass is 10.0. The largest absolute Gasteiger partial charge is 0.370 e. The number of nitrogens with one attached hydrogen (secondary N) is 2. The lowest BCUT2D eigenvalue weighted by Crippen LogP contribution is -2.55. The molecule has 0 bridgehead atoms. The van der Waals surface area contributed by atoms with E-state index in [0.29, 0.717) is 32.1 Å². The van der Waals surface area contributed by atoms with Crippen molar-refractivity contribution in [3.8, 4) is 0 Å². The summed E-state index contributed by atoms with van der Waals surface area (Å²) >= 11 is 0. The minimum Gasteiger partial charge on any atom is -0.370 e. The van der Waals surface area contributed by atoms with E-state index in [1.165, 1.54) is 0 Å². The fourth-order valence-electron chi connectivity index (χ4n) is 2.72. The molecule has 0 aliphatic heterocycles. The predicted molar refractivity (Wildman–Crippen MR) is 113 cm³/mol. The van der Waals surface area contributed by atoms with Crippen molar-refractivity contribution in [2.45, 2.75) is 51.2 Å². The smallest absolute Gasteiger partial charge is 0.243 e. The zero-order chi connectivity index (χ0) is 21.8. The van der Waals surface area contributed by atoms with Gasteiger partial charge in [-0.25, -0.2) is 0 Å². The number of nitrogens with zero attached hydrogens (tertiary/aromatic N) is 1.